The van der Waals surface area contributed by atoms with Gasteiger partial charge in [0.25, 0.3) is 0 Å². The molecule has 2 aliphatic heterocycles. The summed E-state index contributed by atoms with van der Waals surface area (Å²) in [4.78, 5) is 21.1. The first-order chi connectivity index (χ1) is 24.0. The average Bonchev–Trinajstić information content (AvgIpc) is 3.10. The van der Waals surface area contributed by atoms with Crippen molar-refractivity contribution in [1.29, 1.82) is 0 Å². The lowest BCUT2D eigenvalue weighted by Crippen LogP contribution is -2.46. The van der Waals surface area contributed by atoms with E-state index in [1.54, 1.807) is 29.7 Å². The fourth-order valence-electron chi connectivity index (χ4n) is 5.98. The highest BCUT2D eigenvalue weighted by Crippen LogP contribution is 2.38. The number of thiocarbonyl (C=S) groups is 2. The Morgan fingerprint density at radius 3 is 1.92 bits per heavy atom. The maximum atomic E-state index is 13.6. The minimum Gasteiger partial charge on any atom is -0.360 e. The smallest absolute Gasteiger partial charge is 0.360 e. The molecule has 17 heteroatoms. The topological polar surface area (TPSA) is 106 Å². The lowest BCUT2D eigenvalue weighted by molar-refractivity contribution is -0.137. The third-order valence-corrected chi connectivity index (χ3v) is 9.50. The molecule has 10 nitrogen and oxygen atoms in total. The Kier molecular flexibility index (Phi) is 11.4. The summed E-state index contributed by atoms with van der Waals surface area (Å²) in [5.74, 6) is 0.599. The van der Waals surface area contributed by atoms with E-state index in [1.165, 1.54) is 6.20 Å². The lowest BCUT2D eigenvalue weighted by Gasteiger charge is -2.34. The van der Waals surface area contributed by atoms with Crippen LogP contribution in [0.5, 0.6) is 0 Å². The first kappa shape index (κ1) is 35.8. The Hall–Kier alpha value is -4.05. The van der Waals surface area contributed by atoms with E-state index in [2.05, 4.69) is 46.1 Å². The normalized spacial score (nSPS) is 15.8. The molecule has 4 aromatic rings. The second-order valence-electron chi connectivity index (χ2n) is 11.9. The zero-order valence-corrected chi connectivity index (χ0v) is 29.7. The number of aromatic nitrogens is 4. The predicted octanol–water partition coefficient (Wildman–Crippen LogP) is 7.17. The van der Waals surface area contributed by atoms with Crippen molar-refractivity contribution in [2.24, 2.45) is 0 Å². The molecule has 0 atom stereocenters. The van der Waals surface area contributed by atoms with Gasteiger partial charge in [-0.1, -0.05) is 23.2 Å². The van der Waals surface area contributed by atoms with E-state index < -0.39 is 11.7 Å². The average molecular weight is 762 g/mol. The van der Waals surface area contributed by atoms with Crippen molar-refractivity contribution in [2.45, 2.75) is 43.9 Å². The maximum Gasteiger partial charge on any atom is 0.420 e. The summed E-state index contributed by atoms with van der Waals surface area (Å²) in [6, 6.07) is 10.4. The van der Waals surface area contributed by atoms with Crippen molar-refractivity contribution in [1.82, 2.24) is 30.6 Å². The molecule has 6 rings (SSSR count). The molecule has 4 aromatic heterocycles. The number of piperidine rings is 2. The first-order valence-corrected chi connectivity index (χ1v) is 17.5. The van der Waals surface area contributed by atoms with E-state index in [4.69, 9.17) is 47.6 Å². The van der Waals surface area contributed by atoms with E-state index in [0.717, 1.165) is 43.2 Å². The van der Waals surface area contributed by atoms with Crippen LogP contribution in [0.25, 0.3) is 11.3 Å². The van der Waals surface area contributed by atoms with Crippen molar-refractivity contribution < 1.29 is 13.2 Å². The summed E-state index contributed by atoms with van der Waals surface area (Å²) in [5, 5.41) is 14.4. The Morgan fingerprint density at radius 1 is 0.740 bits per heavy atom. The summed E-state index contributed by atoms with van der Waals surface area (Å²) < 4.78 is 40.7. The maximum absolute atomic E-state index is 13.6. The summed E-state index contributed by atoms with van der Waals surface area (Å²) in [6.45, 7) is 2.29. The highest BCUT2D eigenvalue weighted by Gasteiger charge is 2.37. The van der Waals surface area contributed by atoms with Gasteiger partial charge in [-0.2, -0.15) is 13.2 Å². The number of hydrogen-bond donors (Lipinski definition) is 4. The van der Waals surface area contributed by atoms with Crippen LogP contribution in [0.4, 0.5) is 36.2 Å². The summed E-state index contributed by atoms with van der Waals surface area (Å²) in [7, 11) is 0. The molecule has 0 aliphatic carbocycles. The molecule has 0 radical (unpaired) electrons. The Bertz CT molecular complexity index is 1800. The highest BCUT2D eigenvalue weighted by molar-refractivity contribution is 7.80. The van der Waals surface area contributed by atoms with Crippen LogP contribution in [-0.2, 0) is 6.18 Å². The molecule has 4 N–H and O–H groups in total. The molecule has 0 amide bonds. The van der Waals surface area contributed by atoms with Crippen LogP contribution in [0, 0.1) is 0 Å². The number of nitrogens with zero attached hydrogens (tertiary/aromatic N) is 6. The Labute approximate surface area is 308 Å². The van der Waals surface area contributed by atoms with Gasteiger partial charge in [0.1, 0.15) is 11.6 Å². The fourth-order valence-corrected chi connectivity index (χ4v) is 7.04. The van der Waals surface area contributed by atoms with Crippen molar-refractivity contribution >= 4 is 80.9 Å². The molecule has 262 valence electrons. The number of rotatable bonds is 7. The third-order valence-electron chi connectivity index (χ3n) is 8.49. The second kappa shape index (κ2) is 15.9. The Balaban J connectivity index is 0.989. The molecule has 0 aromatic carbocycles. The number of alkyl halides is 3. The minimum absolute atomic E-state index is 0.0184. The van der Waals surface area contributed by atoms with Gasteiger partial charge in [-0.05, 0) is 86.5 Å². The summed E-state index contributed by atoms with van der Waals surface area (Å²) >= 11 is 23.7. The van der Waals surface area contributed by atoms with Gasteiger partial charge in [0, 0.05) is 62.4 Å². The zero-order valence-electron chi connectivity index (χ0n) is 26.6. The number of hydrogen-bond acceptors (Lipinski definition) is 8. The van der Waals surface area contributed by atoms with Crippen LogP contribution in [-0.4, -0.2) is 68.4 Å². The monoisotopic (exact) mass is 760 g/mol. The fraction of sp³-hybridized carbons (Fsp3) is 0.333. The summed E-state index contributed by atoms with van der Waals surface area (Å²) in [6.07, 6.45) is 6.41. The number of nitrogens with one attached hydrogen (secondary N) is 4. The molecular formula is C33H33Cl2F3N10S2. The molecule has 0 spiro atoms. The summed E-state index contributed by atoms with van der Waals surface area (Å²) in [5.41, 5.74) is 2.14. The molecular weight excluding hydrogens is 728 g/mol. The number of anilines is 4. The van der Waals surface area contributed by atoms with Gasteiger partial charge >= 0.3 is 6.18 Å². The van der Waals surface area contributed by atoms with Crippen LogP contribution in [0.1, 0.15) is 31.2 Å². The zero-order chi connectivity index (χ0) is 35.3. The van der Waals surface area contributed by atoms with Gasteiger partial charge in [0.2, 0.25) is 0 Å². The first-order valence-electron chi connectivity index (χ1n) is 15.9. The Morgan fingerprint density at radius 2 is 1.36 bits per heavy atom. The van der Waals surface area contributed by atoms with Gasteiger partial charge in [-0.25, -0.2) is 9.97 Å². The van der Waals surface area contributed by atoms with Gasteiger partial charge in [-0.3, -0.25) is 9.97 Å². The third kappa shape index (κ3) is 8.99. The van der Waals surface area contributed by atoms with Gasteiger partial charge < -0.3 is 31.1 Å². The van der Waals surface area contributed by atoms with E-state index in [0.29, 0.717) is 58.4 Å². The largest absolute Gasteiger partial charge is 0.420 e. The molecule has 2 fully saturated rings. The molecule has 2 saturated heterocycles. The van der Waals surface area contributed by atoms with Crippen molar-refractivity contribution in [3.05, 3.63) is 83.0 Å². The van der Waals surface area contributed by atoms with Gasteiger partial charge in [0.15, 0.2) is 10.2 Å². The standard InChI is InChI=1S/C33H33Cl2F3N10S2/c34-20-16-26(33(36,37)38)29(42-17-20)47-12-6-21(7-13-47)44-32(50)46-24-3-4-27(41-19-24)25-5-11-40-30(28(25)35)48-14-8-22(9-15-48)43-31(49)45-23-2-1-10-39-18-23/h1-5,10-11,16-19,21-22H,6-9,12-15H2,(H2,43,45,49)(H2,44,46,50). The SMILES string of the molecule is FC(F)(F)c1cc(Cl)cnc1N1CCC(NC(=S)Nc2ccc(-c3ccnc(N4CCC(NC(=S)Nc5cccnc5)CC4)c3Cl)nc2)CC1. The van der Waals surface area contributed by atoms with Gasteiger partial charge in [-0.15, -0.1) is 0 Å². The van der Waals surface area contributed by atoms with Crippen LogP contribution in [0.3, 0.4) is 0 Å². The molecule has 0 unspecified atom stereocenters. The molecule has 0 bridgehead atoms. The van der Waals surface area contributed by atoms with Crippen molar-refractivity contribution in [2.75, 3.05) is 46.6 Å². The van der Waals surface area contributed by atoms with Crippen LogP contribution >= 0.6 is 47.6 Å². The van der Waals surface area contributed by atoms with Crippen LogP contribution in [0.15, 0.2) is 67.4 Å². The van der Waals surface area contributed by atoms with E-state index >= 15 is 0 Å². The molecule has 6 heterocycles. The van der Waals surface area contributed by atoms with E-state index in [9.17, 15) is 13.2 Å². The van der Waals surface area contributed by atoms with E-state index in [1.807, 2.05) is 30.3 Å². The quantitative estimate of drug-likeness (QED) is 0.144. The van der Waals surface area contributed by atoms with Crippen molar-refractivity contribution in [3.8, 4) is 11.3 Å². The van der Waals surface area contributed by atoms with Crippen molar-refractivity contribution in [3.63, 3.8) is 0 Å². The lowest BCUT2D eigenvalue weighted by atomic mass is 10.0. The van der Waals surface area contributed by atoms with E-state index in [-0.39, 0.29) is 22.9 Å². The minimum atomic E-state index is -4.55. The predicted molar refractivity (Wildman–Crippen MR) is 200 cm³/mol. The van der Waals surface area contributed by atoms with Crippen LogP contribution in [0.2, 0.25) is 10.0 Å². The number of pyridine rings is 4. The second-order valence-corrected chi connectivity index (χ2v) is 13.5. The molecule has 0 saturated carbocycles. The molecule has 2 aliphatic rings. The van der Waals surface area contributed by atoms with Gasteiger partial charge in [0.05, 0.1) is 45.1 Å². The highest BCUT2D eigenvalue weighted by atomic mass is 35.5. The number of halogens is 5. The molecule has 50 heavy (non-hydrogen) atoms. The van der Waals surface area contributed by atoms with Crippen LogP contribution < -0.4 is 31.1 Å².